The number of benzene rings is 3. The fourth-order valence-electron chi connectivity index (χ4n) is 4.07. The summed E-state index contributed by atoms with van der Waals surface area (Å²) in [5.74, 6) is -0.849. The van der Waals surface area contributed by atoms with Gasteiger partial charge in [-0.3, -0.25) is 13.9 Å². The minimum Gasteiger partial charge on any atom is -0.354 e. The molecule has 0 aliphatic rings. The van der Waals surface area contributed by atoms with Crippen molar-refractivity contribution in [1.82, 2.24) is 10.2 Å². The predicted molar refractivity (Wildman–Crippen MR) is 157 cm³/mol. The molecule has 0 aliphatic heterocycles. The summed E-state index contributed by atoms with van der Waals surface area (Å²) in [5.41, 5.74) is 1.82. The Labute approximate surface area is 240 Å². The van der Waals surface area contributed by atoms with Crippen molar-refractivity contribution in [1.29, 1.82) is 0 Å². The number of rotatable bonds is 12. The minimum atomic E-state index is -4.14. The van der Waals surface area contributed by atoms with E-state index < -0.39 is 28.5 Å². The van der Waals surface area contributed by atoms with Gasteiger partial charge in [0, 0.05) is 23.1 Å². The van der Waals surface area contributed by atoms with E-state index >= 15 is 0 Å². The maximum atomic E-state index is 14.0. The van der Waals surface area contributed by atoms with Crippen molar-refractivity contribution in [2.24, 2.45) is 0 Å². The van der Waals surface area contributed by atoms with Gasteiger partial charge in [-0.25, -0.2) is 8.42 Å². The molecule has 0 unspecified atom stereocenters. The van der Waals surface area contributed by atoms with E-state index in [0.29, 0.717) is 28.6 Å². The summed E-state index contributed by atoms with van der Waals surface area (Å²) in [6.07, 6.45) is 1.07. The zero-order valence-corrected chi connectivity index (χ0v) is 24.6. The fraction of sp³-hybridized carbons (Fsp3) is 0.310. The van der Waals surface area contributed by atoms with Gasteiger partial charge in [0.2, 0.25) is 11.8 Å². The third-order valence-corrected chi connectivity index (χ3v) is 8.64. The molecule has 0 fully saturated rings. The highest BCUT2D eigenvalue weighted by Gasteiger charge is 2.33. The number of nitrogens with one attached hydrogen (secondary N) is 1. The van der Waals surface area contributed by atoms with Gasteiger partial charge in [0.1, 0.15) is 12.6 Å². The Bertz CT molecular complexity index is 1380. The van der Waals surface area contributed by atoms with Gasteiger partial charge >= 0.3 is 0 Å². The van der Waals surface area contributed by atoms with Crippen LogP contribution in [0.3, 0.4) is 0 Å². The second kappa shape index (κ2) is 13.8. The predicted octanol–water partition coefficient (Wildman–Crippen LogP) is 5.83. The number of nitrogens with zero attached hydrogens (tertiary/aromatic N) is 2. The lowest BCUT2D eigenvalue weighted by molar-refractivity contribution is -0.140. The highest BCUT2D eigenvalue weighted by atomic mass is 35.5. The summed E-state index contributed by atoms with van der Waals surface area (Å²) in [6.45, 7) is 5.58. The first kappa shape index (κ1) is 30.5. The van der Waals surface area contributed by atoms with Gasteiger partial charge in [-0.15, -0.1) is 0 Å². The molecule has 0 bridgehead atoms. The molecule has 1 N–H and O–H groups in total. The summed E-state index contributed by atoms with van der Waals surface area (Å²) < 4.78 is 28.7. The van der Waals surface area contributed by atoms with Crippen LogP contribution in [0.2, 0.25) is 10.0 Å². The van der Waals surface area contributed by atoms with Gasteiger partial charge in [0.15, 0.2) is 0 Å². The third-order valence-electron chi connectivity index (χ3n) is 6.24. The van der Waals surface area contributed by atoms with Crippen LogP contribution < -0.4 is 9.62 Å². The second-order valence-electron chi connectivity index (χ2n) is 9.13. The normalized spacial score (nSPS) is 12.0. The molecule has 1 atom stereocenters. The van der Waals surface area contributed by atoms with Crippen LogP contribution in [0, 0.1) is 6.92 Å². The molecule has 0 spiro atoms. The van der Waals surface area contributed by atoms with Crippen molar-refractivity contribution >= 4 is 50.7 Å². The van der Waals surface area contributed by atoms with Crippen molar-refractivity contribution in [2.75, 3.05) is 17.4 Å². The summed E-state index contributed by atoms with van der Waals surface area (Å²) in [4.78, 5) is 28.5. The number of hydrogen-bond acceptors (Lipinski definition) is 4. The van der Waals surface area contributed by atoms with E-state index in [-0.39, 0.29) is 23.0 Å². The van der Waals surface area contributed by atoms with Crippen molar-refractivity contribution in [3.05, 3.63) is 94.0 Å². The lowest BCUT2D eigenvalue weighted by Gasteiger charge is -2.33. The lowest BCUT2D eigenvalue weighted by atomic mass is 10.1. The van der Waals surface area contributed by atoms with Crippen LogP contribution in [-0.4, -0.2) is 44.3 Å². The number of anilines is 1. The standard InChI is InChI=1S/C29H33Cl2N3O4S/c1-4-18-32-29(36)27(5-2)33(19-22-8-6-7-9-26(22)31)28(35)20-34(24-14-12-23(30)13-15-24)39(37,38)25-16-10-21(3)11-17-25/h6-17,27H,4-5,18-20H2,1-3H3,(H,32,36)/t27-/m1/s1. The fourth-order valence-corrected chi connectivity index (χ4v) is 5.80. The molecule has 0 saturated heterocycles. The zero-order chi connectivity index (χ0) is 28.6. The summed E-state index contributed by atoms with van der Waals surface area (Å²) in [5, 5.41) is 3.73. The average molecular weight is 591 g/mol. The molecule has 208 valence electrons. The molecular formula is C29H33Cl2N3O4S. The van der Waals surface area contributed by atoms with Crippen LogP contribution in [0.25, 0.3) is 0 Å². The van der Waals surface area contributed by atoms with E-state index in [1.54, 1.807) is 60.7 Å². The monoisotopic (exact) mass is 589 g/mol. The van der Waals surface area contributed by atoms with Crippen LogP contribution in [0.15, 0.2) is 77.7 Å². The third kappa shape index (κ3) is 7.75. The number of carbonyl (C=O) groups is 2. The van der Waals surface area contributed by atoms with E-state index in [1.807, 2.05) is 20.8 Å². The highest BCUT2D eigenvalue weighted by Crippen LogP contribution is 2.27. The first-order valence-electron chi connectivity index (χ1n) is 12.7. The Balaban J connectivity index is 2.05. The SMILES string of the molecule is CCCNC(=O)[C@@H](CC)N(Cc1ccccc1Cl)C(=O)CN(c1ccc(Cl)cc1)S(=O)(=O)c1ccc(C)cc1. The van der Waals surface area contributed by atoms with E-state index in [2.05, 4.69) is 5.32 Å². The van der Waals surface area contributed by atoms with Crippen LogP contribution in [0.4, 0.5) is 5.69 Å². The molecule has 3 aromatic carbocycles. The van der Waals surface area contributed by atoms with E-state index in [0.717, 1.165) is 16.3 Å². The second-order valence-corrected chi connectivity index (χ2v) is 11.8. The topological polar surface area (TPSA) is 86.8 Å². The van der Waals surface area contributed by atoms with Crippen LogP contribution in [0.1, 0.15) is 37.8 Å². The van der Waals surface area contributed by atoms with Crippen molar-refractivity contribution < 1.29 is 18.0 Å². The molecule has 3 rings (SSSR count). The molecule has 7 nitrogen and oxygen atoms in total. The Morgan fingerprint density at radius 3 is 2.15 bits per heavy atom. The molecule has 0 aromatic heterocycles. The van der Waals surface area contributed by atoms with Gasteiger partial charge in [-0.1, -0.05) is 72.9 Å². The zero-order valence-electron chi connectivity index (χ0n) is 22.2. The largest absolute Gasteiger partial charge is 0.354 e. The number of aryl methyl sites for hydroxylation is 1. The number of sulfonamides is 1. The van der Waals surface area contributed by atoms with Gasteiger partial charge < -0.3 is 10.2 Å². The van der Waals surface area contributed by atoms with Gasteiger partial charge in [0.05, 0.1) is 10.6 Å². The number of carbonyl (C=O) groups excluding carboxylic acids is 2. The summed E-state index contributed by atoms with van der Waals surface area (Å²) >= 11 is 12.5. The molecule has 2 amide bonds. The molecule has 0 radical (unpaired) electrons. The number of hydrogen-bond donors (Lipinski definition) is 1. The molecular weight excluding hydrogens is 557 g/mol. The Morgan fingerprint density at radius 1 is 0.923 bits per heavy atom. The van der Waals surface area contributed by atoms with Crippen molar-refractivity contribution in [2.45, 2.75) is 51.1 Å². The maximum absolute atomic E-state index is 14.0. The lowest BCUT2D eigenvalue weighted by Crippen LogP contribution is -2.52. The molecule has 0 saturated carbocycles. The van der Waals surface area contributed by atoms with Gasteiger partial charge in [-0.05, 0) is 67.8 Å². The van der Waals surface area contributed by atoms with Crippen molar-refractivity contribution in [3.63, 3.8) is 0 Å². The van der Waals surface area contributed by atoms with Crippen molar-refractivity contribution in [3.8, 4) is 0 Å². The molecule has 0 heterocycles. The Morgan fingerprint density at radius 2 is 1.56 bits per heavy atom. The molecule has 10 heteroatoms. The first-order valence-corrected chi connectivity index (χ1v) is 14.9. The molecule has 3 aromatic rings. The minimum absolute atomic E-state index is 0.0373. The smallest absolute Gasteiger partial charge is 0.264 e. The maximum Gasteiger partial charge on any atom is 0.264 e. The number of amides is 2. The molecule has 39 heavy (non-hydrogen) atoms. The average Bonchev–Trinajstić information content (AvgIpc) is 2.92. The van der Waals surface area contributed by atoms with E-state index in [4.69, 9.17) is 23.2 Å². The summed E-state index contributed by atoms with van der Waals surface area (Å²) in [6, 6.07) is 18.9. The van der Waals surface area contributed by atoms with E-state index in [1.165, 1.54) is 17.0 Å². The summed E-state index contributed by atoms with van der Waals surface area (Å²) in [7, 11) is -4.14. The van der Waals surface area contributed by atoms with Gasteiger partial charge in [-0.2, -0.15) is 0 Å². The Hall–Kier alpha value is -3.07. The molecule has 0 aliphatic carbocycles. The highest BCUT2D eigenvalue weighted by molar-refractivity contribution is 7.92. The van der Waals surface area contributed by atoms with Crippen LogP contribution >= 0.6 is 23.2 Å². The van der Waals surface area contributed by atoms with Crippen LogP contribution in [0.5, 0.6) is 0 Å². The van der Waals surface area contributed by atoms with Gasteiger partial charge in [0.25, 0.3) is 10.0 Å². The van der Waals surface area contributed by atoms with E-state index in [9.17, 15) is 18.0 Å². The first-order chi connectivity index (χ1) is 18.6. The number of halogens is 2. The Kier molecular flexibility index (Phi) is 10.8. The quantitative estimate of drug-likeness (QED) is 0.288. The van der Waals surface area contributed by atoms with Crippen LogP contribution in [-0.2, 0) is 26.2 Å².